The second kappa shape index (κ2) is 6.42. The average molecular weight is 343 g/mol. The van der Waals surface area contributed by atoms with Crippen molar-refractivity contribution in [3.05, 3.63) is 53.2 Å². The van der Waals surface area contributed by atoms with E-state index in [0.29, 0.717) is 24.2 Å². The van der Waals surface area contributed by atoms with Gasteiger partial charge in [-0.1, -0.05) is 41.9 Å². The third kappa shape index (κ3) is 2.85. The van der Waals surface area contributed by atoms with E-state index in [2.05, 4.69) is 29.1 Å². The summed E-state index contributed by atoms with van der Waals surface area (Å²) in [5.74, 6) is 0.891. The van der Waals surface area contributed by atoms with Crippen LogP contribution in [0.4, 0.5) is 5.82 Å². The van der Waals surface area contributed by atoms with Crippen molar-refractivity contribution in [2.45, 2.75) is 19.5 Å². The Balaban J connectivity index is 1.70. The van der Waals surface area contributed by atoms with Crippen molar-refractivity contribution < 1.29 is 4.74 Å². The van der Waals surface area contributed by atoms with E-state index in [1.54, 1.807) is 6.20 Å². The molecule has 1 fully saturated rings. The molecule has 0 saturated carbocycles. The van der Waals surface area contributed by atoms with E-state index in [-0.39, 0.29) is 0 Å². The number of rotatable bonds is 3. The Hall–Kier alpha value is -2.11. The van der Waals surface area contributed by atoms with Gasteiger partial charge in [0.1, 0.15) is 16.9 Å². The number of fused-ring (bicyclic) bond motifs is 1. The van der Waals surface area contributed by atoms with E-state index in [4.69, 9.17) is 21.3 Å². The van der Waals surface area contributed by atoms with Gasteiger partial charge in [-0.25, -0.2) is 4.98 Å². The molecule has 0 bridgehead atoms. The molecule has 1 saturated heterocycles. The van der Waals surface area contributed by atoms with Gasteiger partial charge in [-0.05, 0) is 12.5 Å². The second-order valence-electron chi connectivity index (χ2n) is 6.10. The minimum Gasteiger partial charge on any atom is -0.377 e. The molecule has 3 heterocycles. The number of hydrogen-bond donors (Lipinski definition) is 0. The summed E-state index contributed by atoms with van der Waals surface area (Å²) in [5.41, 5.74) is 2.89. The first-order valence-corrected chi connectivity index (χ1v) is 8.50. The van der Waals surface area contributed by atoms with Crippen molar-refractivity contribution in [1.29, 1.82) is 0 Å². The van der Waals surface area contributed by atoms with Crippen molar-refractivity contribution in [2.24, 2.45) is 0 Å². The van der Waals surface area contributed by atoms with Crippen LogP contribution in [0, 0.1) is 0 Å². The summed E-state index contributed by atoms with van der Waals surface area (Å²) in [6.45, 7) is 5.07. The zero-order valence-electron chi connectivity index (χ0n) is 13.5. The van der Waals surface area contributed by atoms with Crippen LogP contribution in [0.3, 0.4) is 0 Å². The molecule has 0 aliphatic carbocycles. The maximum absolute atomic E-state index is 6.58. The van der Waals surface area contributed by atoms with Crippen LogP contribution in [0.15, 0.2) is 42.6 Å². The molecule has 0 radical (unpaired) electrons. The summed E-state index contributed by atoms with van der Waals surface area (Å²) in [6, 6.07) is 12.5. The maximum atomic E-state index is 6.58. The van der Waals surface area contributed by atoms with Crippen LogP contribution in [-0.4, -0.2) is 40.6 Å². The largest absolute Gasteiger partial charge is 0.377 e. The quantitative estimate of drug-likeness (QED) is 0.732. The number of hydrogen-bond acceptors (Lipinski definition) is 4. The van der Waals surface area contributed by atoms with E-state index in [9.17, 15) is 0 Å². The molecule has 2 aromatic heterocycles. The van der Waals surface area contributed by atoms with Crippen molar-refractivity contribution >= 4 is 28.5 Å². The van der Waals surface area contributed by atoms with Gasteiger partial charge >= 0.3 is 0 Å². The van der Waals surface area contributed by atoms with Gasteiger partial charge in [-0.3, -0.25) is 4.68 Å². The molecule has 1 aliphatic heterocycles. The fourth-order valence-corrected chi connectivity index (χ4v) is 3.42. The second-order valence-corrected chi connectivity index (χ2v) is 6.51. The molecule has 6 heteroatoms. The summed E-state index contributed by atoms with van der Waals surface area (Å²) in [6.07, 6.45) is 1.79. The van der Waals surface area contributed by atoms with E-state index in [0.717, 1.165) is 30.0 Å². The van der Waals surface area contributed by atoms with Crippen molar-refractivity contribution in [3.8, 4) is 0 Å². The average Bonchev–Trinajstić information content (AvgIpc) is 2.99. The SMILES string of the molecule is C[C@@H]1COCCN1c1cc(Cl)c2c(cnn2Cc2ccccc2)n1. The number of halogens is 1. The molecule has 0 unspecified atom stereocenters. The van der Waals surface area contributed by atoms with Crippen molar-refractivity contribution in [1.82, 2.24) is 14.8 Å². The topological polar surface area (TPSA) is 43.2 Å². The van der Waals surface area contributed by atoms with Crippen molar-refractivity contribution in [3.63, 3.8) is 0 Å². The molecule has 124 valence electrons. The first-order chi connectivity index (χ1) is 11.7. The minimum atomic E-state index is 0.291. The van der Waals surface area contributed by atoms with Gasteiger partial charge in [0, 0.05) is 12.6 Å². The lowest BCUT2D eigenvalue weighted by atomic mass is 10.2. The third-order valence-corrected chi connectivity index (χ3v) is 4.66. The summed E-state index contributed by atoms with van der Waals surface area (Å²) in [4.78, 5) is 7.01. The monoisotopic (exact) mass is 342 g/mol. The summed E-state index contributed by atoms with van der Waals surface area (Å²) >= 11 is 6.58. The van der Waals surface area contributed by atoms with Crippen LogP contribution < -0.4 is 4.90 Å². The lowest BCUT2D eigenvalue weighted by Crippen LogP contribution is -2.44. The highest BCUT2D eigenvalue weighted by Crippen LogP contribution is 2.28. The Morgan fingerprint density at radius 2 is 2.12 bits per heavy atom. The highest BCUT2D eigenvalue weighted by atomic mass is 35.5. The van der Waals surface area contributed by atoms with Gasteiger partial charge in [0.05, 0.1) is 37.0 Å². The number of anilines is 1. The fraction of sp³-hybridized carbons (Fsp3) is 0.333. The number of nitrogens with zero attached hydrogens (tertiary/aromatic N) is 4. The first-order valence-electron chi connectivity index (χ1n) is 8.13. The van der Waals surface area contributed by atoms with Gasteiger partial charge in [0.25, 0.3) is 0 Å². The van der Waals surface area contributed by atoms with Crippen molar-refractivity contribution in [2.75, 3.05) is 24.7 Å². The molecule has 5 nitrogen and oxygen atoms in total. The lowest BCUT2D eigenvalue weighted by Gasteiger charge is -2.34. The molecular formula is C18H19ClN4O. The normalized spacial score (nSPS) is 18.2. The Morgan fingerprint density at radius 3 is 2.92 bits per heavy atom. The van der Waals surface area contributed by atoms with Gasteiger partial charge in [0.15, 0.2) is 0 Å². The Kier molecular flexibility index (Phi) is 4.12. The number of benzene rings is 1. The minimum absolute atomic E-state index is 0.291. The van der Waals surface area contributed by atoms with Gasteiger partial charge in [0.2, 0.25) is 0 Å². The van der Waals surface area contributed by atoms with Crippen LogP contribution in [0.5, 0.6) is 0 Å². The van der Waals surface area contributed by atoms with Gasteiger partial charge in [-0.15, -0.1) is 0 Å². The van der Waals surface area contributed by atoms with E-state index >= 15 is 0 Å². The summed E-state index contributed by atoms with van der Waals surface area (Å²) in [5, 5.41) is 5.17. The molecule has 1 atom stereocenters. The van der Waals surface area contributed by atoms with Crippen LogP contribution in [0.1, 0.15) is 12.5 Å². The molecule has 4 rings (SSSR count). The van der Waals surface area contributed by atoms with Crippen LogP contribution >= 0.6 is 11.6 Å². The molecule has 0 spiro atoms. The smallest absolute Gasteiger partial charge is 0.131 e. The first kappa shape index (κ1) is 15.4. The summed E-state index contributed by atoms with van der Waals surface area (Å²) < 4.78 is 7.41. The van der Waals surface area contributed by atoms with Gasteiger partial charge in [-0.2, -0.15) is 5.10 Å². The Bertz CT molecular complexity index is 849. The number of pyridine rings is 1. The number of aromatic nitrogens is 3. The zero-order valence-corrected chi connectivity index (χ0v) is 14.3. The molecular weight excluding hydrogens is 324 g/mol. The third-order valence-electron chi connectivity index (χ3n) is 4.37. The highest BCUT2D eigenvalue weighted by Gasteiger charge is 2.22. The lowest BCUT2D eigenvalue weighted by molar-refractivity contribution is 0.0986. The van der Waals surface area contributed by atoms with Gasteiger partial charge < -0.3 is 9.64 Å². The molecule has 3 aromatic rings. The molecule has 0 amide bonds. The van der Waals surface area contributed by atoms with Crippen LogP contribution in [-0.2, 0) is 11.3 Å². The standard InChI is InChI=1S/C18H19ClN4O/c1-13-12-24-8-7-22(13)17-9-15(19)18-16(21-17)10-20-23(18)11-14-5-3-2-4-6-14/h2-6,9-10,13H,7-8,11-12H2,1H3/t13-/m1/s1. The highest BCUT2D eigenvalue weighted by molar-refractivity contribution is 6.35. The molecule has 24 heavy (non-hydrogen) atoms. The predicted molar refractivity (Wildman–Crippen MR) is 95.7 cm³/mol. The molecule has 1 aliphatic rings. The van der Waals surface area contributed by atoms with E-state index in [1.165, 1.54) is 5.56 Å². The fourth-order valence-electron chi connectivity index (χ4n) is 3.13. The maximum Gasteiger partial charge on any atom is 0.131 e. The zero-order chi connectivity index (χ0) is 16.5. The van der Waals surface area contributed by atoms with E-state index in [1.807, 2.05) is 28.9 Å². The Labute approximate surface area is 145 Å². The summed E-state index contributed by atoms with van der Waals surface area (Å²) in [7, 11) is 0. The van der Waals surface area contributed by atoms with E-state index < -0.39 is 0 Å². The van der Waals surface area contributed by atoms with Crippen LogP contribution in [0.2, 0.25) is 5.02 Å². The number of morpholine rings is 1. The molecule has 0 N–H and O–H groups in total. The predicted octanol–water partition coefficient (Wildman–Crippen LogP) is 3.36. The number of ether oxygens (including phenoxy) is 1. The Morgan fingerprint density at radius 1 is 1.29 bits per heavy atom. The van der Waals surface area contributed by atoms with Crippen LogP contribution in [0.25, 0.3) is 11.0 Å². The molecule has 1 aromatic carbocycles.